The normalized spacial score (nSPS) is 19.5. The second kappa shape index (κ2) is 5.74. The number of hydrogen-bond donors (Lipinski definition) is 0. The Morgan fingerprint density at radius 3 is 3.00 bits per heavy atom. The van der Waals surface area contributed by atoms with Crippen molar-refractivity contribution in [1.82, 2.24) is 14.9 Å². The van der Waals surface area contributed by atoms with Crippen LogP contribution in [0.5, 0.6) is 5.88 Å². The molecule has 104 valence electrons. The molecule has 0 bridgehead atoms. The second-order valence-corrected chi connectivity index (χ2v) is 5.61. The van der Waals surface area contributed by atoms with Gasteiger partial charge < -0.3 is 9.64 Å². The van der Waals surface area contributed by atoms with E-state index in [0.717, 1.165) is 6.42 Å². The molecule has 19 heavy (non-hydrogen) atoms. The number of carbonyl (C=O) groups excluding carboxylic acids is 1. The van der Waals surface area contributed by atoms with Crippen LogP contribution in [0.25, 0.3) is 0 Å². The molecule has 5 nitrogen and oxygen atoms in total. The lowest BCUT2D eigenvalue weighted by Crippen LogP contribution is -2.41. The van der Waals surface area contributed by atoms with Gasteiger partial charge >= 0.3 is 0 Å². The van der Waals surface area contributed by atoms with Crippen molar-refractivity contribution in [2.24, 2.45) is 5.41 Å². The molecule has 0 saturated carbocycles. The lowest BCUT2D eigenvalue weighted by molar-refractivity contribution is -0.138. The zero-order valence-corrected chi connectivity index (χ0v) is 11.9. The number of carbonyl (C=O) groups is 1. The van der Waals surface area contributed by atoms with Crippen LogP contribution in [0.3, 0.4) is 0 Å². The zero-order chi connectivity index (χ0) is 13.9. The highest BCUT2D eigenvalue weighted by atomic mass is 35.5. The third-order valence-electron chi connectivity index (χ3n) is 3.17. The van der Waals surface area contributed by atoms with Crippen LogP contribution < -0.4 is 4.74 Å². The molecule has 1 aromatic heterocycles. The third kappa shape index (κ3) is 3.35. The second-order valence-electron chi connectivity index (χ2n) is 5.34. The van der Waals surface area contributed by atoms with E-state index < -0.39 is 5.41 Å². The Bertz CT molecular complexity index is 439. The van der Waals surface area contributed by atoms with E-state index in [-0.39, 0.29) is 12.0 Å². The van der Waals surface area contributed by atoms with Gasteiger partial charge in [0, 0.05) is 31.2 Å². The summed E-state index contributed by atoms with van der Waals surface area (Å²) in [7, 11) is 0. The predicted molar refractivity (Wildman–Crippen MR) is 72.1 cm³/mol. The van der Waals surface area contributed by atoms with Gasteiger partial charge in [-0.3, -0.25) is 9.78 Å². The van der Waals surface area contributed by atoms with Gasteiger partial charge in [-0.2, -0.15) is 0 Å². The number of rotatable bonds is 4. The van der Waals surface area contributed by atoms with Gasteiger partial charge in [-0.05, 0) is 13.8 Å². The summed E-state index contributed by atoms with van der Waals surface area (Å²) in [6, 6.07) is 0. The van der Waals surface area contributed by atoms with Crippen molar-refractivity contribution in [3.63, 3.8) is 0 Å². The van der Waals surface area contributed by atoms with Gasteiger partial charge in [0.25, 0.3) is 0 Å². The molecule has 0 aromatic carbocycles. The molecule has 0 spiro atoms. The first-order chi connectivity index (χ1) is 9.03. The first kappa shape index (κ1) is 14.1. The molecule has 1 saturated heterocycles. The number of ether oxygens (including phenoxy) is 1. The Hall–Kier alpha value is -1.36. The van der Waals surface area contributed by atoms with E-state index in [1.54, 1.807) is 18.6 Å². The summed E-state index contributed by atoms with van der Waals surface area (Å²) < 4.78 is 5.70. The Balaban J connectivity index is 1.92. The van der Waals surface area contributed by atoms with Gasteiger partial charge in [0.15, 0.2) is 0 Å². The third-order valence-corrected chi connectivity index (χ3v) is 3.84. The van der Waals surface area contributed by atoms with Gasteiger partial charge in [-0.25, -0.2) is 4.98 Å². The molecule has 1 amide bonds. The van der Waals surface area contributed by atoms with Crippen molar-refractivity contribution in [2.45, 2.75) is 26.4 Å². The standard InChI is InChI=1S/C13H18ClN3O2/c1-13(2,9-14)12(18)17-6-3-10(8-17)19-11-7-15-4-5-16-11/h4-5,7,10H,3,6,8-9H2,1-2H3. The van der Waals surface area contributed by atoms with E-state index in [9.17, 15) is 4.79 Å². The van der Waals surface area contributed by atoms with Crippen LogP contribution in [-0.4, -0.2) is 45.8 Å². The molecule has 1 aromatic rings. The number of halogens is 1. The Morgan fingerprint density at radius 2 is 2.37 bits per heavy atom. The molecular weight excluding hydrogens is 266 g/mol. The van der Waals surface area contributed by atoms with Gasteiger partial charge in [-0.1, -0.05) is 0 Å². The van der Waals surface area contributed by atoms with E-state index >= 15 is 0 Å². The van der Waals surface area contributed by atoms with Crippen LogP contribution >= 0.6 is 11.6 Å². The van der Waals surface area contributed by atoms with Gasteiger partial charge in [0.2, 0.25) is 11.8 Å². The van der Waals surface area contributed by atoms with E-state index in [2.05, 4.69) is 9.97 Å². The Morgan fingerprint density at radius 1 is 1.58 bits per heavy atom. The quantitative estimate of drug-likeness (QED) is 0.790. The molecule has 0 radical (unpaired) electrons. The summed E-state index contributed by atoms with van der Waals surface area (Å²) in [6.45, 7) is 5.00. The summed E-state index contributed by atoms with van der Waals surface area (Å²) >= 11 is 5.84. The number of nitrogens with zero attached hydrogens (tertiary/aromatic N) is 3. The highest BCUT2D eigenvalue weighted by Crippen LogP contribution is 2.24. The Labute approximate surface area is 117 Å². The average molecular weight is 284 g/mol. The molecule has 1 fully saturated rings. The number of aromatic nitrogens is 2. The summed E-state index contributed by atoms with van der Waals surface area (Å²) in [5, 5.41) is 0. The fraction of sp³-hybridized carbons (Fsp3) is 0.615. The van der Waals surface area contributed by atoms with Crippen molar-refractivity contribution in [3.8, 4) is 5.88 Å². The van der Waals surface area contributed by atoms with Crippen LogP contribution in [0.2, 0.25) is 0 Å². The van der Waals surface area contributed by atoms with Crippen LogP contribution in [0, 0.1) is 5.41 Å². The molecule has 1 unspecified atom stereocenters. The lowest BCUT2D eigenvalue weighted by atomic mass is 9.94. The fourth-order valence-electron chi connectivity index (χ4n) is 2.01. The molecule has 2 heterocycles. The molecule has 1 atom stereocenters. The molecule has 1 aliphatic heterocycles. The van der Waals surface area contributed by atoms with Crippen molar-refractivity contribution in [3.05, 3.63) is 18.6 Å². The van der Waals surface area contributed by atoms with Crippen LogP contribution in [0.1, 0.15) is 20.3 Å². The fourth-order valence-corrected chi connectivity index (χ4v) is 2.13. The van der Waals surface area contributed by atoms with E-state index in [0.29, 0.717) is 24.8 Å². The topological polar surface area (TPSA) is 55.3 Å². The van der Waals surface area contributed by atoms with Crippen molar-refractivity contribution >= 4 is 17.5 Å². The highest BCUT2D eigenvalue weighted by molar-refractivity contribution is 6.19. The maximum atomic E-state index is 12.3. The summed E-state index contributed by atoms with van der Waals surface area (Å²) in [6.07, 6.45) is 5.55. The smallest absolute Gasteiger partial charge is 0.232 e. The average Bonchev–Trinajstić information content (AvgIpc) is 2.87. The van der Waals surface area contributed by atoms with E-state index in [1.165, 1.54) is 0 Å². The number of amides is 1. The van der Waals surface area contributed by atoms with Crippen LogP contribution in [-0.2, 0) is 4.79 Å². The molecule has 0 N–H and O–H groups in total. The van der Waals surface area contributed by atoms with Crippen LogP contribution in [0.4, 0.5) is 0 Å². The minimum atomic E-state index is -0.525. The maximum absolute atomic E-state index is 12.3. The molecule has 1 aliphatic rings. The van der Waals surface area contributed by atoms with E-state index in [4.69, 9.17) is 16.3 Å². The molecular formula is C13H18ClN3O2. The molecule has 0 aliphatic carbocycles. The van der Waals surface area contributed by atoms with Crippen LogP contribution in [0.15, 0.2) is 18.6 Å². The lowest BCUT2D eigenvalue weighted by Gasteiger charge is -2.27. The molecule has 2 rings (SSSR count). The minimum absolute atomic E-state index is 0.0215. The number of alkyl halides is 1. The number of hydrogen-bond acceptors (Lipinski definition) is 4. The van der Waals surface area contributed by atoms with Gasteiger partial charge in [-0.15, -0.1) is 11.6 Å². The summed E-state index contributed by atoms with van der Waals surface area (Å²) in [5.74, 6) is 0.893. The van der Waals surface area contributed by atoms with E-state index in [1.807, 2.05) is 18.7 Å². The minimum Gasteiger partial charge on any atom is -0.471 e. The van der Waals surface area contributed by atoms with Crippen molar-refractivity contribution in [1.29, 1.82) is 0 Å². The zero-order valence-electron chi connectivity index (χ0n) is 11.2. The van der Waals surface area contributed by atoms with Gasteiger partial charge in [0.05, 0.1) is 18.2 Å². The highest BCUT2D eigenvalue weighted by Gasteiger charge is 2.36. The summed E-state index contributed by atoms with van der Waals surface area (Å²) in [4.78, 5) is 22.1. The number of likely N-dealkylation sites (tertiary alicyclic amines) is 1. The van der Waals surface area contributed by atoms with Gasteiger partial charge in [0.1, 0.15) is 6.10 Å². The summed E-state index contributed by atoms with van der Waals surface area (Å²) in [5.41, 5.74) is -0.525. The Kier molecular flexibility index (Phi) is 4.24. The predicted octanol–water partition coefficient (Wildman–Crippen LogP) is 1.72. The first-order valence-electron chi connectivity index (χ1n) is 6.31. The largest absolute Gasteiger partial charge is 0.471 e. The van der Waals surface area contributed by atoms with Crippen molar-refractivity contribution in [2.75, 3.05) is 19.0 Å². The molecule has 6 heteroatoms. The maximum Gasteiger partial charge on any atom is 0.232 e. The first-order valence-corrected chi connectivity index (χ1v) is 6.84. The SMILES string of the molecule is CC(C)(CCl)C(=O)N1CCC(Oc2cnccn2)C1. The monoisotopic (exact) mass is 283 g/mol. The van der Waals surface area contributed by atoms with Crippen molar-refractivity contribution < 1.29 is 9.53 Å².